The molecule has 2 aromatic rings. The fourth-order valence-corrected chi connectivity index (χ4v) is 2.71. The van der Waals surface area contributed by atoms with Crippen LogP contribution in [0.3, 0.4) is 0 Å². The van der Waals surface area contributed by atoms with E-state index < -0.39 is 12.0 Å². The van der Waals surface area contributed by atoms with Crippen molar-refractivity contribution < 1.29 is 18.0 Å². The molecule has 5 heteroatoms. The maximum absolute atomic E-state index is 12.4. The van der Waals surface area contributed by atoms with Gasteiger partial charge in [0.1, 0.15) is 0 Å². The van der Waals surface area contributed by atoms with Crippen LogP contribution in [0.2, 0.25) is 0 Å². The minimum absolute atomic E-state index is 0.316. The molecule has 0 radical (unpaired) electrons. The third-order valence-corrected chi connectivity index (χ3v) is 3.81. The first-order valence-corrected chi connectivity index (χ1v) is 6.85. The van der Waals surface area contributed by atoms with Gasteiger partial charge in [0.2, 0.25) is 0 Å². The van der Waals surface area contributed by atoms with Crippen molar-refractivity contribution in [1.82, 2.24) is 0 Å². The minimum Gasteiger partial charge on any atom is -0.372 e. The Morgan fingerprint density at radius 1 is 0.952 bits per heavy atom. The van der Waals surface area contributed by atoms with Crippen LogP contribution in [0.1, 0.15) is 23.2 Å². The third kappa shape index (κ3) is 2.73. The lowest BCUT2D eigenvalue weighted by Gasteiger charge is -2.18. The summed E-state index contributed by atoms with van der Waals surface area (Å²) in [7, 11) is 0. The Morgan fingerprint density at radius 2 is 1.57 bits per heavy atom. The van der Waals surface area contributed by atoms with Gasteiger partial charge in [-0.2, -0.15) is 13.2 Å². The highest BCUT2D eigenvalue weighted by Gasteiger charge is 2.39. The predicted octanol–water partition coefficient (Wildman–Crippen LogP) is 4.19. The van der Waals surface area contributed by atoms with E-state index in [0.29, 0.717) is 5.39 Å². The van der Waals surface area contributed by atoms with Gasteiger partial charge in [0.15, 0.2) is 0 Å². The molecule has 0 aromatic heterocycles. The van der Waals surface area contributed by atoms with Crippen molar-refractivity contribution in [2.24, 2.45) is 0 Å². The van der Waals surface area contributed by atoms with Crippen molar-refractivity contribution in [2.45, 2.75) is 19.0 Å². The van der Waals surface area contributed by atoms with Crippen LogP contribution in [0, 0.1) is 0 Å². The second-order valence-electron chi connectivity index (χ2n) is 5.27. The number of anilines is 1. The number of hydrogen-bond donors (Lipinski definition) is 0. The van der Waals surface area contributed by atoms with Gasteiger partial charge in [0.05, 0.1) is 0 Å². The van der Waals surface area contributed by atoms with E-state index >= 15 is 0 Å². The first kappa shape index (κ1) is 13.9. The van der Waals surface area contributed by atoms with Gasteiger partial charge >= 0.3 is 6.18 Å². The first-order valence-electron chi connectivity index (χ1n) is 6.85. The van der Waals surface area contributed by atoms with Gasteiger partial charge in [-0.1, -0.05) is 18.2 Å². The monoisotopic (exact) mass is 293 g/mol. The second kappa shape index (κ2) is 5.06. The summed E-state index contributed by atoms with van der Waals surface area (Å²) in [6.45, 7) is 2.02. The summed E-state index contributed by atoms with van der Waals surface area (Å²) in [5.74, 6) is -1.80. The standard InChI is InChI=1S/C16H14F3NO/c17-16(18,19)15(21)13-4-3-12-10-14(6-5-11(12)9-13)20-7-1-2-8-20/h3-6,9-10H,1-2,7-8H2. The molecule has 1 aliphatic rings. The molecule has 1 saturated heterocycles. The van der Waals surface area contributed by atoms with E-state index in [1.807, 2.05) is 12.1 Å². The van der Waals surface area contributed by atoms with Gasteiger partial charge in [0.25, 0.3) is 5.78 Å². The van der Waals surface area contributed by atoms with Crippen LogP contribution < -0.4 is 4.90 Å². The number of alkyl halides is 3. The molecule has 2 nitrogen and oxygen atoms in total. The summed E-state index contributed by atoms with van der Waals surface area (Å²) >= 11 is 0. The highest BCUT2D eigenvalue weighted by molar-refractivity contribution is 6.03. The number of hydrogen-bond acceptors (Lipinski definition) is 2. The summed E-state index contributed by atoms with van der Waals surface area (Å²) in [5.41, 5.74) is 0.763. The fourth-order valence-electron chi connectivity index (χ4n) is 2.71. The van der Waals surface area contributed by atoms with Gasteiger partial charge in [-0.05, 0) is 41.8 Å². The van der Waals surface area contributed by atoms with Crippen molar-refractivity contribution in [3.05, 3.63) is 42.0 Å². The van der Waals surface area contributed by atoms with E-state index in [2.05, 4.69) is 4.90 Å². The molecule has 1 aliphatic heterocycles. The SMILES string of the molecule is O=C(c1ccc2cc(N3CCCC3)ccc2c1)C(F)(F)F. The zero-order valence-corrected chi connectivity index (χ0v) is 11.3. The van der Waals surface area contributed by atoms with E-state index in [4.69, 9.17) is 0 Å². The van der Waals surface area contributed by atoms with E-state index in [1.165, 1.54) is 12.1 Å². The van der Waals surface area contributed by atoms with Gasteiger partial charge in [-0.15, -0.1) is 0 Å². The van der Waals surface area contributed by atoms with Crippen LogP contribution in [0.5, 0.6) is 0 Å². The van der Waals surface area contributed by atoms with Crippen molar-refractivity contribution >= 4 is 22.2 Å². The number of ketones is 1. The topological polar surface area (TPSA) is 20.3 Å². The highest BCUT2D eigenvalue weighted by Crippen LogP contribution is 2.28. The maximum Gasteiger partial charge on any atom is 0.454 e. The number of carbonyl (C=O) groups excluding carboxylic acids is 1. The number of Topliss-reactive ketones (excluding diaryl/α,β-unsaturated/α-hetero) is 1. The average molecular weight is 293 g/mol. The molecule has 0 amide bonds. The molecule has 0 atom stereocenters. The van der Waals surface area contributed by atoms with Crippen molar-refractivity contribution in [3.63, 3.8) is 0 Å². The summed E-state index contributed by atoms with van der Waals surface area (Å²) in [5, 5.41) is 1.49. The summed E-state index contributed by atoms with van der Waals surface area (Å²) < 4.78 is 37.3. The number of fused-ring (bicyclic) bond motifs is 1. The van der Waals surface area contributed by atoms with Crippen molar-refractivity contribution in [3.8, 4) is 0 Å². The van der Waals surface area contributed by atoms with E-state index in [1.54, 1.807) is 12.1 Å². The zero-order valence-electron chi connectivity index (χ0n) is 11.3. The molecule has 2 aromatic carbocycles. The second-order valence-corrected chi connectivity index (χ2v) is 5.27. The number of halogens is 3. The smallest absolute Gasteiger partial charge is 0.372 e. The van der Waals surface area contributed by atoms with Gasteiger partial charge < -0.3 is 4.90 Å². The molecule has 1 heterocycles. The van der Waals surface area contributed by atoms with Gasteiger partial charge in [0, 0.05) is 24.3 Å². The van der Waals surface area contributed by atoms with E-state index in [-0.39, 0.29) is 5.56 Å². The lowest BCUT2D eigenvalue weighted by molar-refractivity contribution is -0.0885. The Morgan fingerprint density at radius 3 is 2.24 bits per heavy atom. The molecule has 21 heavy (non-hydrogen) atoms. The lowest BCUT2D eigenvalue weighted by atomic mass is 10.0. The Hall–Kier alpha value is -2.04. The molecule has 0 aliphatic carbocycles. The van der Waals surface area contributed by atoms with Crippen LogP contribution in [-0.2, 0) is 0 Å². The number of carbonyl (C=O) groups is 1. The van der Waals surface area contributed by atoms with Crippen LogP contribution >= 0.6 is 0 Å². The molecular formula is C16H14F3NO. The van der Waals surface area contributed by atoms with Gasteiger partial charge in [-0.3, -0.25) is 4.79 Å². The maximum atomic E-state index is 12.4. The summed E-state index contributed by atoms with van der Waals surface area (Å²) in [4.78, 5) is 13.5. The first-order chi connectivity index (χ1) is 9.95. The Balaban J connectivity index is 1.96. The lowest BCUT2D eigenvalue weighted by Crippen LogP contribution is -2.22. The molecule has 110 valence electrons. The Kier molecular flexibility index (Phi) is 3.35. The summed E-state index contributed by atoms with van der Waals surface area (Å²) in [6, 6.07) is 9.76. The van der Waals surface area contributed by atoms with Crippen LogP contribution in [0.25, 0.3) is 10.8 Å². The highest BCUT2D eigenvalue weighted by atomic mass is 19.4. The van der Waals surface area contributed by atoms with E-state index in [0.717, 1.165) is 37.0 Å². The number of rotatable bonds is 2. The van der Waals surface area contributed by atoms with Crippen LogP contribution in [0.15, 0.2) is 36.4 Å². The molecule has 3 rings (SSSR count). The normalized spacial score (nSPS) is 15.7. The molecule has 0 spiro atoms. The molecule has 0 unspecified atom stereocenters. The summed E-state index contributed by atoms with van der Waals surface area (Å²) in [6.07, 6.45) is -2.50. The van der Waals surface area contributed by atoms with Crippen molar-refractivity contribution in [1.29, 1.82) is 0 Å². The number of nitrogens with zero attached hydrogens (tertiary/aromatic N) is 1. The predicted molar refractivity (Wildman–Crippen MR) is 75.8 cm³/mol. The minimum atomic E-state index is -4.83. The van der Waals surface area contributed by atoms with Gasteiger partial charge in [-0.25, -0.2) is 0 Å². The van der Waals surface area contributed by atoms with Crippen molar-refractivity contribution in [2.75, 3.05) is 18.0 Å². The quantitative estimate of drug-likeness (QED) is 0.774. The largest absolute Gasteiger partial charge is 0.454 e. The molecule has 0 bridgehead atoms. The zero-order chi connectivity index (χ0) is 15.0. The van der Waals surface area contributed by atoms with E-state index in [9.17, 15) is 18.0 Å². The fraction of sp³-hybridized carbons (Fsp3) is 0.312. The Bertz CT molecular complexity index is 687. The molecule has 1 fully saturated rings. The third-order valence-electron chi connectivity index (χ3n) is 3.81. The Labute approximate surface area is 120 Å². The number of benzene rings is 2. The van der Waals surface area contributed by atoms with Crippen LogP contribution in [0.4, 0.5) is 18.9 Å². The average Bonchev–Trinajstić information content (AvgIpc) is 2.98. The van der Waals surface area contributed by atoms with Crippen LogP contribution in [-0.4, -0.2) is 25.0 Å². The molecular weight excluding hydrogens is 279 g/mol. The molecule has 0 saturated carbocycles. The molecule has 0 N–H and O–H groups in total.